The highest BCUT2D eigenvalue weighted by molar-refractivity contribution is 5.89. The monoisotopic (exact) mass is 312 g/mol. The third kappa shape index (κ3) is 4.99. The summed E-state index contributed by atoms with van der Waals surface area (Å²) in [4.78, 5) is 13.8. The summed E-state index contributed by atoms with van der Waals surface area (Å²) in [5.41, 5.74) is 7.84. The average Bonchev–Trinajstić information content (AvgIpc) is 2.47. The van der Waals surface area contributed by atoms with Crippen LogP contribution in [0.4, 0.5) is 0 Å². The standard InChI is InChI=1S/C16H24N2O2.ClH/c1-12(17)15-4-3-9-18(11-15)10-13-5-7-14(8-6-13)16(19)20-2;/h5-8,12,15H,3-4,9-11,17H2,1-2H3;1H. The molecule has 21 heavy (non-hydrogen) atoms. The Morgan fingerprint density at radius 2 is 2.10 bits per heavy atom. The number of esters is 1. The molecule has 0 spiro atoms. The van der Waals surface area contributed by atoms with Crippen molar-refractivity contribution in [3.05, 3.63) is 35.4 Å². The van der Waals surface area contributed by atoms with E-state index in [0.717, 1.165) is 19.6 Å². The zero-order chi connectivity index (χ0) is 14.5. The summed E-state index contributed by atoms with van der Waals surface area (Å²) in [6, 6.07) is 7.92. The molecule has 0 saturated carbocycles. The van der Waals surface area contributed by atoms with E-state index < -0.39 is 0 Å². The van der Waals surface area contributed by atoms with Crippen molar-refractivity contribution in [1.29, 1.82) is 0 Å². The molecule has 0 radical (unpaired) electrons. The zero-order valence-electron chi connectivity index (χ0n) is 12.7. The number of benzene rings is 1. The number of carbonyl (C=O) groups is 1. The molecule has 2 unspecified atom stereocenters. The van der Waals surface area contributed by atoms with Crippen molar-refractivity contribution in [3.63, 3.8) is 0 Å². The summed E-state index contributed by atoms with van der Waals surface area (Å²) in [5.74, 6) is 0.310. The van der Waals surface area contributed by atoms with Crippen LogP contribution in [-0.2, 0) is 11.3 Å². The van der Waals surface area contributed by atoms with Crippen LogP contribution in [0.1, 0.15) is 35.7 Å². The Morgan fingerprint density at radius 1 is 1.43 bits per heavy atom. The first kappa shape index (κ1) is 18.0. The van der Waals surface area contributed by atoms with E-state index in [0.29, 0.717) is 11.5 Å². The van der Waals surface area contributed by atoms with Gasteiger partial charge in [0.1, 0.15) is 0 Å². The van der Waals surface area contributed by atoms with Gasteiger partial charge in [0.15, 0.2) is 0 Å². The van der Waals surface area contributed by atoms with Crippen LogP contribution >= 0.6 is 12.4 Å². The van der Waals surface area contributed by atoms with E-state index in [2.05, 4.69) is 11.8 Å². The predicted molar refractivity (Wildman–Crippen MR) is 86.7 cm³/mol. The van der Waals surface area contributed by atoms with E-state index in [1.807, 2.05) is 24.3 Å². The maximum atomic E-state index is 11.4. The van der Waals surface area contributed by atoms with Crippen molar-refractivity contribution in [3.8, 4) is 0 Å². The quantitative estimate of drug-likeness (QED) is 0.868. The normalized spacial score (nSPS) is 20.4. The van der Waals surface area contributed by atoms with Crippen LogP contribution in [-0.4, -0.2) is 37.1 Å². The number of rotatable bonds is 4. The Kier molecular flexibility index (Phi) is 7.15. The highest BCUT2D eigenvalue weighted by Gasteiger charge is 2.22. The van der Waals surface area contributed by atoms with E-state index in [1.54, 1.807) is 0 Å². The van der Waals surface area contributed by atoms with Gasteiger partial charge in [0.2, 0.25) is 0 Å². The second kappa shape index (κ2) is 8.37. The molecule has 0 amide bonds. The number of ether oxygens (including phenoxy) is 1. The smallest absolute Gasteiger partial charge is 0.337 e. The van der Waals surface area contributed by atoms with Gasteiger partial charge in [-0.1, -0.05) is 12.1 Å². The molecular weight excluding hydrogens is 288 g/mol. The van der Waals surface area contributed by atoms with Gasteiger partial charge in [-0.05, 0) is 49.9 Å². The number of nitrogens with zero attached hydrogens (tertiary/aromatic N) is 1. The molecule has 1 aromatic rings. The minimum absolute atomic E-state index is 0. The lowest BCUT2D eigenvalue weighted by atomic mass is 9.92. The van der Waals surface area contributed by atoms with E-state index in [9.17, 15) is 4.79 Å². The van der Waals surface area contributed by atoms with Crippen molar-refractivity contribution in [1.82, 2.24) is 4.90 Å². The van der Waals surface area contributed by atoms with Crippen molar-refractivity contribution in [2.24, 2.45) is 11.7 Å². The van der Waals surface area contributed by atoms with E-state index in [4.69, 9.17) is 10.5 Å². The van der Waals surface area contributed by atoms with Gasteiger partial charge < -0.3 is 10.5 Å². The second-order valence-corrected chi connectivity index (χ2v) is 5.69. The lowest BCUT2D eigenvalue weighted by molar-refractivity contribution is 0.0600. The number of likely N-dealkylation sites (tertiary alicyclic amines) is 1. The lowest BCUT2D eigenvalue weighted by Crippen LogP contribution is -2.41. The van der Waals surface area contributed by atoms with E-state index in [-0.39, 0.29) is 24.4 Å². The molecule has 1 saturated heterocycles. The van der Waals surface area contributed by atoms with Gasteiger partial charge in [0.25, 0.3) is 0 Å². The molecule has 1 heterocycles. The van der Waals surface area contributed by atoms with Crippen LogP contribution < -0.4 is 5.73 Å². The summed E-state index contributed by atoms with van der Waals surface area (Å²) in [6.07, 6.45) is 2.45. The SMILES string of the molecule is COC(=O)c1ccc(CN2CCCC(C(C)N)C2)cc1.Cl. The number of hydrogen-bond acceptors (Lipinski definition) is 4. The first-order valence-corrected chi connectivity index (χ1v) is 7.25. The highest BCUT2D eigenvalue weighted by atomic mass is 35.5. The van der Waals surface area contributed by atoms with Crippen LogP contribution in [0, 0.1) is 5.92 Å². The van der Waals surface area contributed by atoms with Gasteiger partial charge in [0, 0.05) is 19.1 Å². The summed E-state index contributed by atoms with van der Waals surface area (Å²) in [7, 11) is 1.40. The molecule has 1 aromatic carbocycles. The van der Waals surface area contributed by atoms with Gasteiger partial charge in [-0.15, -0.1) is 12.4 Å². The molecule has 2 rings (SSSR count). The van der Waals surface area contributed by atoms with Crippen molar-refractivity contribution in [2.75, 3.05) is 20.2 Å². The maximum absolute atomic E-state index is 11.4. The minimum atomic E-state index is -0.286. The molecule has 0 aliphatic carbocycles. The van der Waals surface area contributed by atoms with Gasteiger partial charge >= 0.3 is 5.97 Å². The van der Waals surface area contributed by atoms with E-state index >= 15 is 0 Å². The summed E-state index contributed by atoms with van der Waals surface area (Å²) in [6.45, 7) is 5.21. The van der Waals surface area contributed by atoms with Crippen LogP contribution in [0.2, 0.25) is 0 Å². The first-order valence-electron chi connectivity index (χ1n) is 7.25. The molecule has 0 aromatic heterocycles. The predicted octanol–water partition coefficient (Wildman–Crippen LogP) is 2.45. The number of piperidine rings is 1. The first-order chi connectivity index (χ1) is 9.60. The van der Waals surface area contributed by atoms with Crippen LogP contribution in [0.25, 0.3) is 0 Å². The fourth-order valence-electron chi connectivity index (χ4n) is 2.79. The molecule has 1 aliphatic heterocycles. The third-order valence-corrected chi connectivity index (χ3v) is 4.07. The Balaban J connectivity index is 0.00000220. The topological polar surface area (TPSA) is 55.6 Å². The van der Waals surface area contributed by atoms with Crippen LogP contribution in [0.15, 0.2) is 24.3 Å². The Morgan fingerprint density at radius 3 is 2.67 bits per heavy atom. The molecule has 2 N–H and O–H groups in total. The zero-order valence-corrected chi connectivity index (χ0v) is 13.6. The maximum Gasteiger partial charge on any atom is 0.337 e. The van der Waals surface area contributed by atoms with Crippen LogP contribution in [0.3, 0.4) is 0 Å². The molecule has 5 heteroatoms. The molecule has 4 nitrogen and oxygen atoms in total. The summed E-state index contributed by atoms with van der Waals surface area (Å²) >= 11 is 0. The van der Waals surface area contributed by atoms with Crippen molar-refractivity contribution in [2.45, 2.75) is 32.4 Å². The summed E-state index contributed by atoms with van der Waals surface area (Å²) < 4.78 is 4.70. The van der Waals surface area contributed by atoms with Crippen molar-refractivity contribution >= 4 is 18.4 Å². The van der Waals surface area contributed by atoms with E-state index in [1.165, 1.54) is 25.5 Å². The number of halogens is 1. The van der Waals surface area contributed by atoms with Crippen LogP contribution in [0.5, 0.6) is 0 Å². The van der Waals surface area contributed by atoms with Gasteiger partial charge in [-0.3, -0.25) is 4.90 Å². The molecular formula is C16H25ClN2O2. The van der Waals surface area contributed by atoms with Gasteiger partial charge in [-0.2, -0.15) is 0 Å². The van der Waals surface area contributed by atoms with Crippen molar-refractivity contribution < 1.29 is 9.53 Å². The number of methoxy groups -OCH3 is 1. The minimum Gasteiger partial charge on any atom is -0.465 e. The fourth-order valence-corrected chi connectivity index (χ4v) is 2.79. The van der Waals surface area contributed by atoms with Gasteiger partial charge in [0.05, 0.1) is 12.7 Å². The number of carbonyl (C=O) groups excluding carboxylic acids is 1. The molecule has 1 fully saturated rings. The largest absolute Gasteiger partial charge is 0.465 e. The number of nitrogens with two attached hydrogens (primary N) is 1. The second-order valence-electron chi connectivity index (χ2n) is 5.69. The highest BCUT2D eigenvalue weighted by Crippen LogP contribution is 2.20. The molecule has 0 bridgehead atoms. The van der Waals surface area contributed by atoms with Gasteiger partial charge in [-0.25, -0.2) is 4.79 Å². The fraction of sp³-hybridized carbons (Fsp3) is 0.562. The number of hydrogen-bond donors (Lipinski definition) is 1. The molecule has 118 valence electrons. The molecule has 1 aliphatic rings. The summed E-state index contributed by atoms with van der Waals surface area (Å²) in [5, 5.41) is 0. The Bertz CT molecular complexity index is 448. The average molecular weight is 313 g/mol. The molecule has 2 atom stereocenters. The third-order valence-electron chi connectivity index (χ3n) is 4.07. The Labute approximate surface area is 133 Å². The lowest BCUT2D eigenvalue weighted by Gasteiger charge is -2.34. The Hall–Kier alpha value is -1.10.